The van der Waals surface area contributed by atoms with E-state index in [1.54, 1.807) is 0 Å². The Labute approximate surface area is 87.7 Å². The van der Waals surface area contributed by atoms with E-state index in [1.807, 2.05) is 0 Å². The monoisotopic (exact) mass is 222 g/mol. The molecule has 0 aliphatic rings. The van der Waals surface area contributed by atoms with Gasteiger partial charge in [0.15, 0.2) is 11.6 Å². The van der Waals surface area contributed by atoms with Gasteiger partial charge in [0, 0.05) is 11.6 Å². The fourth-order valence-electron chi connectivity index (χ4n) is 1.14. The van der Waals surface area contributed by atoms with Crippen LogP contribution in [0.25, 0.3) is 0 Å². The van der Waals surface area contributed by atoms with E-state index in [1.165, 1.54) is 12.1 Å². The lowest BCUT2D eigenvalue weighted by Gasteiger charge is -2.11. The van der Waals surface area contributed by atoms with Gasteiger partial charge in [-0.1, -0.05) is 12.1 Å². The fourth-order valence-corrected chi connectivity index (χ4v) is 1.14. The molecule has 0 heterocycles. The third-order valence-corrected chi connectivity index (χ3v) is 1.86. The summed E-state index contributed by atoms with van der Waals surface area (Å²) in [5, 5.41) is 0. The second-order valence-electron chi connectivity index (χ2n) is 2.83. The Morgan fingerprint density at radius 3 is 2.50 bits per heavy atom. The quantitative estimate of drug-likeness (QED) is 0.819. The molecular weight excluding hydrogens is 210 g/mol. The van der Waals surface area contributed by atoms with Crippen LogP contribution in [0.5, 0.6) is 0 Å². The van der Waals surface area contributed by atoms with Crippen LogP contribution in [0.1, 0.15) is 18.0 Å². The molecule has 80 valence electrons. The van der Waals surface area contributed by atoms with E-state index in [0.29, 0.717) is 13.0 Å². The summed E-state index contributed by atoms with van der Waals surface area (Å²) in [4.78, 5) is 0. The van der Waals surface area contributed by atoms with Crippen molar-refractivity contribution < 1.29 is 8.78 Å². The van der Waals surface area contributed by atoms with Crippen molar-refractivity contribution in [2.24, 2.45) is 11.5 Å². The van der Waals surface area contributed by atoms with Gasteiger partial charge in [0.1, 0.15) is 0 Å². The van der Waals surface area contributed by atoms with Crippen molar-refractivity contribution in [1.29, 1.82) is 0 Å². The highest BCUT2D eigenvalue weighted by Crippen LogP contribution is 2.19. The highest BCUT2D eigenvalue weighted by Gasteiger charge is 2.13. The lowest BCUT2D eigenvalue weighted by molar-refractivity contribution is 0.484. The van der Waals surface area contributed by atoms with Crippen molar-refractivity contribution in [2.45, 2.75) is 12.5 Å². The van der Waals surface area contributed by atoms with Crippen LogP contribution in [0.15, 0.2) is 18.2 Å². The molecule has 0 aliphatic heterocycles. The van der Waals surface area contributed by atoms with E-state index < -0.39 is 17.7 Å². The molecule has 0 saturated carbocycles. The molecule has 1 aromatic carbocycles. The molecule has 1 atom stereocenters. The van der Waals surface area contributed by atoms with Gasteiger partial charge < -0.3 is 11.5 Å². The van der Waals surface area contributed by atoms with Gasteiger partial charge >= 0.3 is 0 Å². The zero-order chi connectivity index (χ0) is 9.84. The Morgan fingerprint density at radius 2 is 1.93 bits per heavy atom. The van der Waals surface area contributed by atoms with E-state index in [4.69, 9.17) is 11.5 Å². The minimum absolute atomic E-state index is 0. The molecular formula is C9H13ClF2N2. The first-order valence-corrected chi connectivity index (χ1v) is 4.06. The third-order valence-electron chi connectivity index (χ3n) is 1.86. The zero-order valence-electron chi connectivity index (χ0n) is 7.54. The van der Waals surface area contributed by atoms with E-state index >= 15 is 0 Å². The Hall–Kier alpha value is -0.710. The van der Waals surface area contributed by atoms with E-state index in [0.717, 1.165) is 6.07 Å². The molecule has 4 N–H and O–H groups in total. The number of hydrogen-bond donors (Lipinski definition) is 2. The smallest absolute Gasteiger partial charge is 0.163 e. The lowest BCUT2D eigenvalue weighted by Crippen LogP contribution is -2.17. The third kappa shape index (κ3) is 2.90. The standard InChI is InChI=1S/C9H12F2N2.ClH/c10-7-3-1-2-6(9(7)11)8(13)4-5-12;/h1-3,8H,4-5,12-13H2;1H/t8-;/m1./s1. The molecule has 0 radical (unpaired) electrons. The van der Waals surface area contributed by atoms with Gasteiger partial charge in [-0.3, -0.25) is 0 Å². The Kier molecular flexibility index (Phi) is 5.60. The summed E-state index contributed by atoms with van der Waals surface area (Å²) in [7, 11) is 0. The lowest BCUT2D eigenvalue weighted by atomic mass is 10.0. The number of nitrogens with two attached hydrogens (primary N) is 2. The van der Waals surface area contributed by atoms with Crippen LogP contribution in [0.4, 0.5) is 8.78 Å². The molecule has 1 rings (SSSR count). The summed E-state index contributed by atoms with van der Waals surface area (Å²) in [6, 6.07) is 3.44. The topological polar surface area (TPSA) is 52.0 Å². The fraction of sp³-hybridized carbons (Fsp3) is 0.333. The second kappa shape index (κ2) is 5.90. The second-order valence-corrected chi connectivity index (χ2v) is 2.83. The summed E-state index contributed by atoms with van der Waals surface area (Å²) in [5.41, 5.74) is 11.0. The minimum atomic E-state index is -0.872. The van der Waals surface area contributed by atoms with Crippen LogP contribution in [-0.4, -0.2) is 6.54 Å². The van der Waals surface area contributed by atoms with Crippen molar-refractivity contribution >= 4 is 12.4 Å². The predicted octanol–water partition coefficient (Wildman–Crippen LogP) is 1.74. The largest absolute Gasteiger partial charge is 0.330 e. The molecule has 0 spiro atoms. The summed E-state index contributed by atoms with van der Waals surface area (Å²) in [6.07, 6.45) is 0.445. The van der Waals surface area contributed by atoms with Gasteiger partial charge in [-0.2, -0.15) is 0 Å². The molecule has 0 amide bonds. The molecule has 0 aromatic heterocycles. The number of benzene rings is 1. The summed E-state index contributed by atoms with van der Waals surface area (Å²) < 4.78 is 25.8. The number of halogens is 3. The van der Waals surface area contributed by atoms with Gasteiger partial charge in [0.05, 0.1) is 0 Å². The van der Waals surface area contributed by atoms with Crippen molar-refractivity contribution in [1.82, 2.24) is 0 Å². The highest BCUT2D eigenvalue weighted by atomic mass is 35.5. The van der Waals surface area contributed by atoms with E-state index in [9.17, 15) is 8.78 Å². The molecule has 0 unspecified atom stereocenters. The Bertz CT molecular complexity index is 294. The first-order chi connectivity index (χ1) is 6.16. The molecule has 1 aromatic rings. The average molecular weight is 223 g/mol. The van der Waals surface area contributed by atoms with Crippen LogP contribution < -0.4 is 11.5 Å². The van der Waals surface area contributed by atoms with Gasteiger partial charge in [0.2, 0.25) is 0 Å². The zero-order valence-corrected chi connectivity index (χ0v) is 8.36. The Morgan fingerprint density at radius 1 is 1.29 bits per heavy atom. The molecule has 2 nitrogen and oxygen atoms in total. The first-order valence-electron chi connectivity index (χ1n) is 4.06. The predicted molar refractivity (Wildman–Crippen MR) is 54.2 cm³/mol. The van der Waals surface area contributed by atoms with Crippen molar-refractivity contribution in [3.63, 3.8) is 0 Å². The average Bonchev–Trinajstić information content (AvgIpc) is 2.10. The maximum Gasteiger partial charge on any atom is 0.163 e. The molecule has 5 heteroatoms. The normalized spacial score (nSPS) is 12.0. The van der Waals surface area contributed by atoms with Crippen molar-refractivity contribution in [3.8, 4) is 0 Å². The summed E-state index contributed by atoms with van der Waals surface area (Å²) in [5.74, 6) is -1.74. The number of rotatable bonds is 3. The van der Waals surface area contributed by atoms with Crippen molar-refractivity contribution in [2.75, 3.05) is 6.54 Å². The summed E-state index contributed by atoms with van der Waals surface area (Å²) in [6.45, 7) is 0.358. The summed E-state index contributed by atoms with van der Waals surface area (Å²) >= 11 is 0. The van der Waals surface area contributed by atoms with E-state index in [-0.39, 0.29) is 18.0 Å². The van der Waals surface area contributed by atoms with Crippen molar-refractivity contribution in [3.05, 3.63) is 35.4 Å². The molecule has 0 aliphatic carbocycles. The number of hydrogen-bond acceptors (Lipinski definition) is 2. The highest BCUT2D eigenvalue weighted by molar-refractivity contribution is 5.85. The van der Waals surface area contributed by atoms with E-state index in [2.05, 4.69) is 0 Å². The Balaban J connectivity index is 0.00000169. The van der Waals surface area contributed by atoms with Crippen LogP contribution >= 0.6 is 12.4 Å². The van der Waals surface area contributed by atoms with Gasteiger partial charge in [-0.05, 0) is 19.0 Å². The first kappa shape index (κ1) is 13.3. The van der Waals surface area contributed by atoms with Gasteiger partial charge in [-0.15, -0.1) is 12.4 Å². The molecule has 14 heavy (non-hydrogen) atoms. The van der Waals surface area contributed by atoms with Crippen LogP contribution in [0, 0.1) is 11.6 Å². The minimum Gasteiger partial charge on any atom is -0.330 e. The van der Waals surface area contributed by atoms with Crippen LogP contribution in [-0.2, 0) is 0 Å². The molecule has 0 saturated heterocycles. The maximum absolute atomic E-state index is 13.1. The molecule has 0 fully saturated rings. The van der Waals surface area contributed by atoms with Gasteiger partial charge in [0.25, 0.3) is 0 Å². The van der Waals surface area contributed by atoms with Crippen LogP contribution in [0.3, 0.4) is 0 Å². The van der Waals surface area contributed by atoms with Crippen LogP contribution in [0.2, 0.25) is 0 Å². The molecule has 0 bridgehead atoms. The SMILES string of the molecule is Cl.NCC[C@@H](N)c1cccc(F)c1F. The van der Waals surface area contributed by atoms with Gasteiger partial charge in [-0.25, -0.2) is 8.78 Å². The maximum atomic E-state index is 13.1.